The molecule has 0 aliphatic rings. The van der Waals surface area contributed by atoms with E-state index in [1.54, 1.807) is 4.68 Å². The summed E-state index contributed by atoms with van der Waals surface area (Å²) in [4.78, 5) is 12.7. The predicted octanol–water partition coefficient (Wildman–Crippen LogP) is 2.84. The maximum Gasteiger partial charge on any atom is 0.271 e. The molecule has 2 heterocycles. The molecular weight excluding hydrogens is 374 g/mol. The SMILES string of the molecule is Cc1cc(C)c(NC(=O)[C@H](C)Sc2nnc(-n3nc(C)cc3C)n2N)c(C)c1. The fourth-order valence-electron chi connectivity index (χ4n) is 3.14. The summed E-state index contributed by atoms with van der Waals surface area (Å²) in [6, 6.07) is 6.04. The number of hydrogen-bond donors (Lipinski definition) is 2. The number of carbonyl (C=O) groups is 1. The van der Waals surface area contributed by atoms with E-state index in [9.17, 15) is 4.79 Å². The van der Waals surface area contributed by atoms with E-state index in [1.165, 1.54) is 22.0 Å². The number of nitrogens with one attached hydrogen (secondary N) is 1. The minimum atomic E-state index is -0.403. The quantitative estimate of drug-likeness (QED) is 0.505. The molecule has 28 heavy (non-hydrogen) atoms. The van der Waals surface area contributed by atoms with Crippen molar-refractivity contribution in [1.82, 2.24) is 24.7 Å². The monoisotopic (exact) mass is 399 g/mol. The third-order valence-electron chi connectivity index (χ3n) is 4.42. The van der Waals surface area contributed by atoms with Crippen molar-refractivity contribution in [3.05, 3.63) is 46.3 Å². The number of rotatable bonds is 5. The first-order chi connectivity index (χ1) is 13.2. The molecule has 1 atom stereocenters. The van der Waals surface area contributed by atoms with Gasteiger partial charge in [0.05, 0.1) is 10.9 Å². The van der Waals surface area contributed by atoms with E-state index >= 15 is 0 Å². The summed E-state index contributed by atoms with van der Waals surface area (Å²) in [5.41, 5.74) is 5.87. The smallest absolute Gasteiger partial charge is 0.271 e. The van der Waals surface area contributed by atoms with Crippen LogP contribution in [0.5, 0.6) is 0 Å². The minimum Gasteiger partial charge on any atom is -0.334 e. The van der Waals surface area contributed by atoms with E-state index < -0.39 is 5.25 Å². The van der Waals surface area contributed by atoms with Crippen molar-refractivity contribution in [2.75, 3.05) is 11.2 Å². The first-order valence-corrected chi connectivity index (χ1v) is 9.85. The average molecular weight is 400 g/mol. The molecule has 8 nitrogen and oxygen atoms in total. The van der Waals surface area contributed by atoms with Gasteiger partial charge in [-0.05, 0) is 58.7 Å². The van der Waals surface area contributed by atoms with E-state index in [1.807, 2.05) is 47.6 Å². The molecule has 0 aliphatic carbocycles. The van der Waals surface area contributed by atoms with Gasteiger partial charge in [-0.3, -0.25) is 4.79 Å². The van der Waals surface area contributed by atoms with Crippen LogP contribution in [-0.2, 0) is 4.79 Å². The van der Waals surface area contributed by atoms with Gasteiger partial charge < -0.3 is 11.2 Å². The summed E-state index contributed by atoms with van der Waals surface area (Å²) in [6.45, 7) is 11.7. The molecule has 9 heteroatoms. The normalized spacial score (nSPS) is 12.2. The molecule has 3 rings (SSSR count). The molecule has 3 N–H and O–H groups in total. The van der Waals surface area contributed by atoms with Gasteiger partial charge in [0, 0.05) is 11.4 Å². The number of benzene rings is 1. The zero-order valence-corrected chi connectivity index (χ0v) is 17.8. The van der Waals surface area contributed by atoms with Crippen LogP contribution in [0.1, 0.15) is 35.0 Å². The Labute approximate surface area is 168 Å². The summed E-state index contributed by atoms with van der Waals surface area (Å²) < 4.78 is 2.99. The molecule has 0 saturated carbocycles. The Balaban J connectivity index is 1.76. The predicted molar refractivity (Wildman–Crippen MR) is 111 cm³/mol. The van der Waals surface area contributed by atoms with Gasteiger partial charge in [0.15, 0.2) is 0 Å². The summed E-state index contributed by atoms with van der Waals surface area (Å²) in [6.07, 6.45) is 0. The molecule has 0 unspecified atom stereocenters. The summed E-state index contributed by atoms with van der Waals surface area (Å²) in [5.74, 6) is 6.45. The minimum absolute atomic E-state index is 0.115. The first-order valence-electron chi connectivity index (χ1n) is 8.97. The largest absolute Gasteiger partial charge is 0.334 e. The Kier molecular flexibility index (Phi) is 5.46. The van der Waals surface area contributed by atoms with Crippen LogP contribution >= 0.6 is 11.8 Å². The van der Waals surface area contributed by atoms with Gasteiger partial charge in [0.2, 0.25) is 11.1 Å². The summed E-state index contributed by atoms with van der Waals surface area (Å²) in [5, 5.41) is 15.7. The summed E-state index contributed by atoms with van der Waals surface area (Å²) >= 11 is 1.25. The molecule has 0 aliphatic heterocycles. The zero-order valence-electron chi connectivity index (χ0n) is 16.9. The Hall–Kier alpha value is -2.81. The lowest BCUT2D eigenvalue weighted by Crippen LogP contribution is -2.25. The van der Waals surface area contributed by atoms with Gasteiger partial charge >= 0.3 is 0 Å². The van der Waals surface area contributed by atoms with Crippen LogP contribution in [0.3, 0.4) is 0 Å². The Morgan fingerprint density at radius 2 is 1.75 bits per heavy atom. The fraction of sp³-hybridized carbons (Fsp3) is 0.368. The molecule has 0 spiro atoms. The number of anilines is 1. The van der Waals surface area contributed by atoms with Crippen molar-refractivity contribution < 1.29 is 4.79 Å². The third-order valence-corrected chi connectivity index (χ3v) is 5.48. The highest BCUT2D eigenvalue weighted by molar-refractivity contribution is 8.00. The van der Waals surface area contributed by atoms with Crippen molar-refractivity contribution in [2.24, 2.45) is 0 Å². The number of thioether (sulfide) groups is 1. The van der Waals surface area contributed by atoms with Crippen molar-refractivity contribution >= 4 is 23.4 Å². The van der Waals surface area contributed by atoms with E-state index in [4.69, 9.17) is 5.84 Å². The maximum absolute atomic E-state index is 12.7. The second-order valence-electron chi connectivity index (χ2n) is 7.01. The summed E-state index contributed by atoms with van der Waals surface area (Å²) in [7, 11) is 0. The molecule has 0 radical (unpaired) electrons. The van der Waals surface area contributed by atoms with Crippen LogP contribution in [0.4, 0.5) is 5.69 Å². The van der Waals surface area contributed by atoms with Crippen LogP contribution in [0.15, 0.2) is 23.4 Å². The molecular formula is C19H25N7OS. The number of nitrogens with zero attached hydrogens (tertiary/aromatic N) is 5. The number of hydrogen-bond acceptors (Lipinski definition) is 6. The molecule has 0 bridgehead atoms. The van der Waals surface area contributed by atoms with Crippen LogP contribution in [0.25, 0.3) is 5.95 Å². The lowest BCUT2D eigenvalue weighted by molar-refractivity contribution is -0.115. The average Bonchev–Trinajstić information content (AvgIpc) is 3.12. The Morgan fingerprint density at radius 1 is 1.11 bits per heavy atom. The highest BCUT2D eigenvalue weighted by atomic mass is 32.2. The molecule has 1 aromatic carbocycles. The van der Waals surface area contributed by atoms with Crippen molar-refractivity contribution in [3.63, 3.8) is 0 Å². The second kappa shape index (κ2) is 7.67. The lowest BCUT2D eigenvalue weighted by Gasteiger charge is -2.16. The lowest BCUT2D eigenvalue weighted by atomic mass is 10.1. The van der Waals surface area contributed by atoms with Crippen molar-refractivity contribution in [1.29, 1.82) is 0 Å². The molecule has 0 fully saturated rings. The number of carbonyl (C=O) groups excluding carboxylic acids is 1. The third kappa shape index (κ3) is 3.89. The highest BCUT2D eigenvalue weighted by Crippen LogP contribution is 2.26. The van der Waals surface area contributed by atoms with Gasteiger partial charge in [0.1, 0.15) is 0 Å². The van der Waals surface area contributed by atoms with E-state index in [0.717, 1.165) is 28.2 Å². The number of nitrogen functional groups attached to an aromatic ring is 1. The van der Waals surface area contributed by atoms with Gasteiger partial charge in [0.25, 0.3) is 5.95 Å². The Bertz CT molecular complexity index is 1010. The number of aryl methyl sites for hydroxylation is 5. The van der Waals surface area contributed by atoms with Gasteiger partial charge in [-0.2, -0.15) is 5.10 Å². The first kappa shape index (κ1) is 19.9. The van der Waals surface area contributed by atoms with Crippen LogP contribution in [-0.4, -0.2) is 35.8 Å². The zero-order chi connectivity index (χ0) is 20.6. The van der Waals surface area contributed by atoms with Crippen molar-refractivity contribution in [3.8, 4) is 5.95 Å². The molecule has 148 valence electrons. The molecule has 2 aromatic heterocycles. The number of amides is 1. The molecule has 1 amide bonds. The van der Waals surface area contributed by atoms with Gasteiger partial charge in [-0.1, -0.05) is 29.5 Å². The van der Waals surface area contributed by atoms with Crippen molar-refractivity contribution in [2.45, 2.75) is 51.9 Å². The standard InChI is InChI=1S/C19H25N7OS/c1-10-7-11(2)16(12(3)8-10)21-17(27)15(6)28-19-23-22-18(25(19)20)26-14(5)9-13(4)24-26/h7-9,15H,20H2,1-6H3,(H,21,27)/t15-/m0/s1. The van der Waals surface area contributed by atoms with Crippen LogP contribution in [0.2, 0.25) is 0 Å². The maximum atomic E-state index is 12.7. The highest BCUT2D eigenvalue weighted by Gasteiger charge is 2.22. The van der Waals surface area contributed by atoms with Crippen LogP contribution < -0.4 is 11.2 Å². The Morgan fingerprint density at radius 3 is 2.32 bits per heavy atom. The van der Waals surface area contributed by atoms with Crippen LogP contribution in [0, 0.1) is 34.6 Å². The number of aromatic nitrogens is 5. The molecule has 0 saturated heterocycles. The topological polar surface area (TPSA) is 104 Å². The van der Waals surface area contributed by atoms with E-state index in [0.29, 0.717) is 11.1 Å². The second-order valence-corrected chi connectivity index (χ2v) is 8.32. The van der Waals surface area contributed by atoms with E-state index in [-0.39, 0.29) is 5.91 Å². The van der Waals surface area contributed by atoms with E-state index in [2.05, 4.69) is 32.7 Å². The molecule has 3 aromatic rings. The van der Waals surface area contributed by atoms with Gasteiger partial charge in [-0.25, -0.2) is 9.36 Å². The number of nitrogens with two attached hydrogens (primary N) is 1. The fourth-order valence-corrected chi connectivity index (χ4v) is 3.90. The van der Waals surface area contributed by atoms with Gasteiger partial charge in [-0.15, -0.1) is 10.2 Å².